The highest BCUT2D eigenvalue weighted by molar-refractivity contribution is 7.18. The van der Waals surface area contributed by atoms with Crippen LogP contribution in [0, 0.1) is 0 Å². The molecular formula is C12H13NO3S. The maximum Gasteiger partial charge on any atom is 0.339 e. The monoisotopic (exact) mass is 251 g/mol. The third kappa shape index (κ3) is 2.39. The van der Waals surface area contributed by atoms with E-state index in [0.717, 1.165) is 29.0 Å². The Balaban J connectivity index is 2.43. The molecule has 0 saturated heterocycles. The van der Waals surface area contributed by atoms with E-state index in [9.17, 15) is 9.90 Å². The predicted octanol–water partition coefficient (Wildman–Crippen LogP) is 3.04. The first-order valence-corrected chi connectivity index (χ1v) is 6.29. The molecule has 17 heavy (non-hydrogen) atoms. The molecule has 0 saturated carbocycles. The topological polar surface area (TPSA) is 70.4 Å². The van der Waals surface area contributed by atoms with Crippen LogP contribution in [-0.2, 0) is 6.42 Å². The van der Waals surface area contributed by atoms with Gasteiger partial charge in [0, 0.05) is 6.07 Å². The first kappa shape index (κ1) is 11.9. The Bertz CT molecular complexity index is 562. The molecule has 0 amide bonds. The smallest absolute Gasteiger partial charge is 0.339 e. The molecule has 2 rings (SSSR count). The van der Waals surface area contributed by atoms with Crippen molar-refractivity contribution in [2.75, 3.05) is 0 Å². The van der Waals surface area contributed by atoms with E-state index in [4.69, 9.17) is 5.11 Å². The summed E-state index contributed by atoms with van der Waals surface area (Å²) in [5, 5.41) is 19.4. The number of unbranched alkanes of at least 4 members (excludes halogenated alkanes) is 1. The van der Waals surface area contributed by atoms with Crippen LogP contribution in [0.3, 0.4) is 0 Å². The van der Waals surface area contributed by atoms with Crippen molar-refractivity contribution in [2.24, 2.45) is 0 Å². The average molecular weight is 251 g/mol. The molecule has 0 aliphatic carbocycles. The van der Waals surface area contributed by atoms with Gasteiger partial charge in [-0.3, -0.25) is 0 Å². The Labute approximate surface area is 103 Å². The number of rotatable bonds is 4. The average Bonchev–Trinajstić information content (AvgIpc) is 2.66. The lowest BCUT2D eigenvalue weighted by Crippen LogP contribution is -1.96. The van der Waals surface area contributed by atoms with Crippen LogP contribution in [-0.4, -0.2) is 21.2 Å². The third-order valence-electron chi connectivity index (χ3n) is 2.52. The van der Waals surface area contributed by atoms with E-state index in [-0.39, 0.29) is 11.3 Å². The van der Waals surface area contributed by atoms with E-state index in [1.54, 1.807) is 0 Å². The number of nitrogens with zero attached hydrogens (tertiary/aromatic N) is 1. The van der Waals surface area contributed by atoms with Gasteiger partial charge in [-0.15, -0.1) is 11.3 Å². The maximum absolute atomic E-state index is 10.9. The Hall–Kier alpha value is -1.62. The zero-order chi connectivity index (χ0) is 12.4. The van der Waals surface area contributed by atoms with Crippen molar-refractivity contribution in [3.8, 4) is 5.75 Å². The van der Waals surface area contributed by atoms with E-state index in [2.05, 4.69) is 11.9 Å². The fourth-order valence-electron chi connectivity index (χ4n) is 1.62. The Morgan fingerprint density at radius 2 is 2.24 bits per heavy atom. The standard InChI is InChI=1S/C12H13NO3S/c1-2-3-4-11-13-8-5-7(12(15)16)9(14)6-10(8)17-11/h5-6,14H,2-4H2,1H3,(H,15,16). The molecule has 0 radical (unpaired) electrons. The van der Waals surface area contributed by atoms with Crippen LogP contribution in [0.15, 0.2) is 12.1 Å². The largest absolute Gasteiger partial charge is 0.507 e. The molecule has 0 fully saturated rings. The quantitative estimate of drug-likeness (QED) is 0.876. The van der Waals surface area contributed by atoms with Gasteiger partial charge in [0.25, 0.3) is 0 Å². The fraction of sp³-hybridized carbons (Fsp3) is 0.333. The summed E-state index contributed by atoms with van der Waals surface area (Å²) < 4.78 is 0.832. The molecule has 90 valence electrons. The van der Waals surface area contributed by atoms with Crippen molar-refractivity contribution in [3.63, 3.8) is 0 Å². The summed E-state index contributed by atoms with van der Waals surface area (Å²) in [5.41, 5.74) is 0.557. The van der Waals surface area contributed by atoms with E-state index < -0.39 is 5.97 Å². The summed E-state index contributed by atoms with van der Waals surface area (Å²) in [7, 11) is 0. The minimum Gasteiger partial charge on any atom is -0.507 e. The number of aromatic carboxylic acids is 1. The van der Waals surface area contributed by atoms with Gasteiger partial charge in [0.05, 0.1) is 15.2 Å². The Kier molecular flexibility index (Phi) is 3.28. The van der Waals surface area contributed by atoms with Crippen LogP contribution in [0.5, 0.6) is 5.75 Å². The van der Waals surface area contributed by atoms with Gasteiger partial charge in [0.1, 0.15) is 11.3 Å². The highest BCUT2D eigenvalue weighted by Crippen LogP contribution is 2.29. The lowest BCUT2D eigenvalue weighted by atomic mass is 10.2. The number of carboxylic acid groups (broad SMARTS) is 1. The number of benzene rings is 1. The summed E-state index contributed by atoms with van der Waals surface area (Å²) in [6, 6.07) is 2.91. The number of hydrogen-bond donors (Lipinski definition) is 2. The molecular weight excluding hydrogens is 238 g/mol. The van der Waals surface area contributed by atoms with Crippen molar-refractivity contribution >= 4 is 27.5 Å². The summed E-state index contributed by atoms with van der Waals surface area (Å²) >= 11 is 1.51. The second kappa shape index (κ2) is 4.71. The second-order valence-electron chi connectivity index (χ2n) is 3.85. The van der Waals surface area contributed by atoms with E-state index in [0.29, 0.717) is 5.52 Å². The number of aryl methyl sites for hydroxylation is 1. The van der Waals surface area contributed by atoms with Gasteiger partial charge < -0.3 is 10.2 Å². The number of carbonyl (C=O) groups is 1. The van der Waals surface area contributed by atoms with Crippen LogP contribution in [0.4, 0.5) is 0 Å². The predicted molar refractivity (Wildman–Crippen MR) is 66.9 cm³/mol. The molecule has 4 nitrogen and oxygen atoms in total. The normalized spacial score (nSPS) is 10.9. The molecule has 5 heteroatoms. The van der Waals surface area contributed by atoms with Gasteiger partial charge in [-0.25, -0.2) is 9.78 Å². The van der Waals surface area contributed by atoms with E-state index in [1.165, 1.54) is 23.5 Å². The molecule has 2 aromatic rings. The molecule has 0 spiro atoms. The SMILES string of the molecule is CCCCc1nc2cc(C(=O)O)c(O)cc2s1. The van der Waals surface area contributed by atoms with E-state index >= 15 is 0 Å². The van der Waals surface area contributed by atoms with Gasteiger partial charge in [-0.1, -0.05) is 13.3 Å². The van der Waals surface area contributed by atoms with E-state index in [1.807, 2.05) is 0 Å². The van der Waals surface area contributed by atoms with Crippen molar-refractivity contribution in [1.82, 2.24) is 4.98 Å². The van der Waals surface area contributed by atoms with Crippen molar-refractivity contribution in [1.29, 1.82) is 0 Å². The molecule has 1 heterocycles. The number of aromatic hydroxyl groups is 1. The molecule has 0 aliphatic heterocycles. The van der Waals surface area contributed by atoms with Crippen LogP contribution < -0.4 is 0 Å². The van der Waals surface area contributed by atoms with Crippen LogP contribution in [0.25, 0.3) is 10.2 Å². The summed E-state index contributed by atoms with van der Waals surface area (Å²) in [6.07, 6.45) is 3.07. The van der Waals surface area contributed by atoms with Gasteiger partial charge in [0.15, 0.2) is 0 Å². The van der Waals surface area contributed by atoms with Crippen LogP contribution >= 0.6 is 11.3 Å². The number of thiazole rings is 1. The molecule has 0 aliphatic rings. The molecule has 1 aromatic carbocycles. The number of carboxylic acids is 1. The molecule has 0 bridgehead atoms. The fourth-order valence-corrected chi connectivity index (χ4v) is 2.64. The first-order valence-electron chi connectivity index (χ1n) is 5.47. The Morgan fingerprint density at radius 1 is 1.47 bits per heavy atom. The third-order valence-corrected chi connectivity index (χ3v) is 3.60. The molecule has 1 aromatic heterocycles. The summed E-state index contributed by atoms with van der Waals surface area (Å²) in [6.45, 7) is 2.11. The minimum atomic E-state index is -1.13. The molecule has 0 unspecified atom stereocenters. The zero-order valence-electron chi connectivity index (χ0n) is 9.43. The van der Waals surface area contributed by atoms with Gasteiger partial charge in [-0.2, -0.15) is 0 Å². The zero-order valence-corrected chi connectivity index (χ0v) is 10.3. The highest BCUT2D eigenvalue weighted by atomic mass is 32.1. The number of hydrogen-bond acceptors (Lipinski definition) is 4. The van der Waals surface area contributed by atoms with Gasteiger partial charge in [-0.05, 0) is 18.9 Å². The first-order chi connectivity index (χ1) is 8.11. The number of fused-ring (bicyclic) bond motifs is 1. The maximum atomic E-state index is 10.9. The highest BCUT2D eigenvalue weighted by Gasteiger charge is 2.13. The summed E-state index contributed by atoms with van der Waals surface area (Å²) in [5.74, 6) is -1.33. The second-order valence-corrected chi connectivity index (χ2v) is 4.97. The number of phenols is 1. The number of aromatic nitrogens is 1. The van der Waals surface area contributed by atoms with Gasteiger partial charge in [0.2, 0.25) is 0 Å². The summed E-state index contributed by atoms with van der Waals surface area (Å²) in [4.78, 5) is 15.2. The molecule has 2 N–H and O–H groups in total. The van der Waals surface area contributed by atoms with Crippen molar-refractivity contribution in [3.05, 3.63) is 22.7 Å². The Morgan fingerprint density at radius 3 is 2.88 bits per heavy atom. The lowest BCUT2D eigenvalue weighted by Gasteiger charge is -1.97. The van der Waals surface area contributed by atoms with Crippen LogP contribution in [0.2, 0.25) is 0 Å². The minimum absolute atomic E-state index is 0.0927. The molecule has 0 atom stereocenters. The van der Waals surface area contributed by atoms with Gasteiger partial charge >= 0.3 is 5.97 Å². The lowest BCUT2D eigenvalue weighted by molar-refractivity contribution is 0.0694. The van der Waals surface area contributed by atoms with Crippen LogP contribution in [0.1, 0.15) is 35.1 Å². The van der Waals surface area contributed by atoms with Crippen molar-refractivity contribution < 1.29 is 15.0 Å². The van der Waals surface area contributed by atoms with Crippen molar-refractivity contribution in [2.45, 2.75) is 26.2 Å².